The van der Waals surface area contributed by atoms with Gasteiger partial charge in [0.1, 0.15) is 0 Å². The van der Waals surface area contributed by atoms with E-state index in [1.165, 1.54) is 25.8 Å². The standard InChI is InChI=1S/C10H22N2O/c1-13-9-8-12(10-4-5-10)7-3-2-6-11/h10H,2-9,11H2,1H3. The smallest absolute Gasteiger partial charge is 0.0589 e. The molecule has 0 radical (unpaired) electrons. The first-order chi connectivity index (χ1) is 6.38. The van der Waals surface area contributed by atoms with E-state index in [9.17, 15) is 0 Å². The topological polar surface area (TPSA) is 38.5 Å². The first-order valence-corrected chi connectivity index (χ1v) is 5.31. The van der Waals surface area contributed by atoms with E-state index in [0.717, 1.165) is 32.2 Å². The van der Waals surface area contributed by atoms with Crippen LogP contribution in [0.5, 0.6) is 0 Å². The highest BCUT2D eigenvalue weighted by Crippen LogP contribution is 2.26. The van der Waals surface area contributed by atoms with Crippen LogP contribution in [0.1, 0.15) is 25.7 Å². The largest absolute Gasteiger partial charge is 0.383 e. The summed E-state index contributed by atoms with van der Waals surface area (Å²) in [7, 11) is 1.77. The Labute approximate surface area is 81.2 Å². The van der Waals surface area contributed by atoms with Crippen molar-refractivity contribution < 1.29 is 4.74 Å². The summed E-state index contributed by atoms with van der Waals surface area (Å²) >= 11 is 0. The second-order valence-electron chi connectivity index (χ2n) is 3.76. The quantitative estimate of drug-likeness (QED) is 0.571. The Morgan fingerprint density at radius 2 is 2.08 bits per heavy atom. The van der Waals surface area contributed by atoms with E-state index >= 15 is 0 Å². The van der Waals surface area contributed by atoms with Gasteiger partial charge in [0.2, 0.25) is 0 Å². The lowest BCUT2D eigenvalue weighted by Crippen LogP contribution is -2.30. The fraction of sp³-hybridized carbons (Fsp3) is 1.00. The van der Waals surface area contributed by atoms with Crippen molar-refractivity contribution in [3.8, 4) is 0 Å². The van der Waals surface area contributed by atoms with Crippen LogP contribution in [0.25, 0.3) is 0 Å². The Morgan fingerprint density at radius 1 is 1.31 bits per heavy atom. The highest BCUT2D eigenvalue weighted by Gasteiger charge is 2.27. The molecule has 0 bridgehead atoms. The molecule has 1 fully saturated rings. The number of hydrogen-bond acceptors (Lipinski definition) is 3. The minimum absolute atomic E-state index is 0.822. The number of hydrogen-bond donors (Lipinski definition) is 1. The summed E-state index contributed by atoms with van der Waals surface area (Å²) in [5.74, 6) is 0. The average molecular weight is 186 g/mol. The van der Waals surface area contributed by atoms with E-state index < -0.39 is 0 Å². The van der Waals surface area contributed by atoms with Gasteiger partial charge in [-0.25, -0.2) is 0 Å². The van der Waals surface area contributed by atoms with E-state index in [2.05, 4.69) is 4.90 Å². The summed E-state index contributed by atoms with van der Waals surface area (Å²) in [6.45, 7) is 3.97. The molecule has 1 rings (SSSR count). The molecular formula is C10H22N2O. The second kappa shape index (κ2) is 6.35. The van der Waals surface area contributed by atoms with Gasteiger partial charge in [-0.2, -0.15) is 0 Å². The third-order valence-corrected chi connectivity index (χ3v) is 2.55. The van der Waals surface area contributed by atoms with Crippen LogP contribution in [0, 0.1) is 0 Å². The normalized spacial score (nSPS) is 16.8. The van der Waals surface area contributed by atoms with Crippen LogP contribution in [0.3, 0.4) is 0 Å². The molecule has 78 valence electrons. The highest BCUT2D eigenvalue weighted by atomic mass is 16.5. The molecule has 2 N–H and O–H groups in total. The predicted molar refractivity (Wildman–Crippen MR) is 54.8 cm³/mol. The van der Waals surface area contributed by atoms with Crippen molar-refractivity contribution in [3.63, 3.8) is 0 Å². The van der Waals surface area contributed by atoms with Crippen LogP contribution in [-0.2, 0) is 4.74 Å². The molecule has 0 aromatic rings. The molecule has 0 aromatic heterocycles. The predicted octanol–water partition coefficient (Wildman–Crippen LogP) is 0.836. The van der Waals surface area contributed by atoms with Crippen molar-refractivity contribution in [1.82, 2.24) is 4.90 Å². The van der Waals surface area contributed by atoms with Gasteiger partial charge in [-0.3, -0.25) is 4.90 Å². The summed E-state index contributed by atoms with van der Waals surface area (Å²) in [6, 6.07) is 0.855. The third kappa shape index (κ3) is 4.60. The summed E-state index contributed by atoms with van der Waals surface area (Å²) in [5, 5.41) is 0. The van der Waals surface area contributed by atoms with Gasteiger partial charge in [0.15, 0.2) is 0 Å². The number of nitrogens with zero attached hydrogens (tertiary/aromatic N) is 1. The summed E-state index contributed by atoms with van der Waals surface area (Å²) < 4.78 is 5.09. The molecule has 1 saturated carbocycles. The summed E-state index contributed by atoms with van der Waals surface area (Å²) in [5.41, 5.74) is 5.46. The maximum Gasteiger partial charge on any atom is 0.0589 e. The first kappa shape index (κ1) is 11.0. The zero-order valence-electron chi connectivity index (χ0n) is 8.67. The van der Waals surface area contributed by atoms with Crippen molar-refractivity contribution in [3.05, 3.63) is 0 Å². The van der Waals surface area contributed by atoms with E-state index in [4.69, 9.17) is 10.5 Å². The minimum Gasteiger partial charge on any atom is -0.383 e. The van der Waals surface area contributed by atoms with Gasteiger partial charge in [0.25, 0.3) is 0 Å². The van der Waals surface area contributed by atoms with E-state index in [0.29, 0.717) is 0 Å². The summed E-state index contributed by atoms with van der Waals surface area (Å²) in [4.78, 5) is 2.54. The molecule has 3 heteroatoms. The number of nitrogens with two attached hydrogens (primary N) is 1. The van der Waals surface area contributed by atoms with Gasteiger partial charge in [-0.1, -0.05) is 0 Å². The van der Waals surface area contributed by atoms with Crippen LogP contribution in [0.2, 0.25) is 0 Å². The van der Waals surface area contributed by atoms with Crippen LogP contribution < -0.4 is 5.73 Å². The Bertz CT molecular complexity index is 126. The lowest BCUT2D eigenvalue weighted by molar-refractivity contribution is 0.142. The van der Waals surface area contributed by atoms with Crippen molar-refractivity contribution in [2.75, 3.05) is 33.4 Å². The fourth-order valence-electron chi connectivity index (χ4n) is 1.58. The Hall–Kier alpha value is -0.120. The Kier molecular flexibility index (Phi) is 5.35. The number of rotatable bonds is 8. The number of methoxy groups -OCH3 is 1. The number of ether oxygens (including phenoxy) is 1. The van der Waals surface area contributed by atoms with Gasteiger partial charge in [0, 0.05) is 19.7 Å². The van der Waals surface area contributed by atoms with Crippen molar-refractivity contribution in [2.45, 2.75) is 31.7 Å². The van der Waals surface area contributed by atoms with E-state index in [1.54, 1.807) is 7.11 Å². The zero-order chi connectivity index (χ0) is 9.52. The molecule has 0 atom stereocenters. The molecule has 0 spiro atoms. The summed E-state index contributed by atoms with van der Waals surface area (Å²) in [6.07, 6.45) is 5.14. The molecule has 1 aliphatic carbocycles. The van der Waals surface area contributed by atoms with Gasteiger partial charge in [0.05, 0.1) is 6.61 Å². The third-order valence-electron chi connectivity index (χ3n) is 2.55. The van der Waals surface area contributed by atoms with Gasteiger partial charge in [-0.15, -0.1) is 0 Å². The lowest BCUT2D eigenvalue weighted by atomic mass is 10.3. The molecule has 0 saturated heterocycles. The number of unbranched alkanes of at least 4 members (excludes halogenated alkanes) is 1. The van der Waals surface area contributed by atoms with Gasteiger partial charge in [-0.05, 0) is 38.8 Å². The minimum atomic E-state index is 0.822. The molecule has 0 unspecified atom stereocenters. The van der Waals surface area contributed by atoms with Crippen LogP contribution in [0.4, 0.5) is 0 Å². The Balaban J connectivity index is 2.06. The van der Waals surface area contributed by atoms with Gasteiger partial charge < -0.3 is 10.5 Å². The van der Waals surface area contributed by atoms with Crippen LogP contribution >= 0.6 is 0 Å². The molecule has 0 aromatic carbocycles. The molecule has 13 heavy (non-hydrogen) atoms. The molecule has 3 nitrogen and oxygen atoms in total. The van der Waals surface area contributed by atoms with E-state index in [-0.39, 0.29) is 0 Å². The lowest BCUT2D eigenvalue weighted by Gasteiger charge is -2.21. The highest BCUT2D eigenvalue weighted by molar-refractivity contribution is 4.84. The molecule has 0 amide bonds. The molecule has 0 aliphatic heterocycles. The average Bonchev–Trinajstić information content (AvgIpc) is 2.94. The Morgan fingerprint density at radius 3 is 2.62 bits per heavy atom. The van der Waals surface area contributed by atoms with Crippen molar-refractivity contribution in [1.29, 1.82) is 0 Å². The van der Waals surface area contributed by atoms with Crippen molar-refractivity contribution in [2.24, 2.45) is 5.73 Å². The van der Waals surface area contributed by atoms with Crippen LogP contribution in [-0.4, -0.2) is 44.3 Å². The molecule has 1 aliphatic rings. The second-order valence-corrected chi connectivity index (χ2v) is 3.76. The van der Waals surface area contributed by atoms with E-state index in [1.807, 2.05) is 0 Å². The first-order valence-electron chi connectivity index (χ1n) is 5.31. The molecular weight excluding hydrogens is 164 g/mol. The van der Waals surface area contributed by atoms with Crippen LogP contribution in [0.15, 0.2) is 0 Å². The van der Waals surface area contributed by atoms with Crippen molar-refractivity contribution >= 4 is 0 Å². The van der Waals surface area contributed by atoms with Gasteiger partial charge >= 0.3 is 0 Å². The fourth-order valence-corrected chi connectivity index (χ4v) is 1.58. The molecule has 0 heterocycles. The zero-order valence-corrected chi connectivity index (χ0v) is 8.67. The monoisotopic (exact) mass is 186 g/mol. The maximum atomic E-state index is 5.46. The SMILES string of the molecule is COCCN(CCCCN)C1CC1. The maximum absolute atomic E-state index is 5.46.